The molecule has 1 aliphatic rings. The van der Waals surface area contributed by atoms with Crippen molar-refractivity contribution in [2.75, 3.05) is 7.11 Å². The average Bonchev–Trinajstić information content (AvgIpc) is 2.99. The average molecular weight is 243 g/mol. The summed E-state index contributed by atoms with van der Waals surface area (Å²) < 4.78 is 33.4. The van der Waals surface area contributed by atoms with Crippen LogP contribution in [0.3, 0.4) is 0 Å². The van der Waals surface area contributed by atoms with Crippen molar-refractivity contribution in [3.8, 4) is 11.5 Å². The smallest absolute Gasteiger partial charge is 0.245 e. The molecule has 0 aromatic heterocycles. The van der Waals surface area contributed by atoms with Gasteiger partial charge in [-0.3, -0.25) is 0 Å². The molecule has 2 rings (SSSR count). The maximum absolute atomic E-state index is 11.5. The van der Waals surface area contributed by atoms with Gasteiger partial charge in [0.05, 0.1) is 13.2 Å². The third kappa shape index (κ3) is 2.28. The highest BCUT2D eigenvalue weighted by molar-refractivity contribution is 7.89. The monoisotopic (exact) mass is 243 g/mol. The van der Waals surface area contributed by atoms with Crippen molar-refractivity contribution in [3.05, 3.63) is 18.2 Å². The van der Waals surface area contributed by atoms with Crippen LogP contribution in [-0.2, 0) is 10.0 Å². The SMILES string of the molecule is COc1cccc(OC2CC2)c1S(N)(=O)=O. The van der Waals surface area contributed by atoms with E-state index in [1.165, 1.54) is 7.11 Å². The predicted octanol–water partition coefficient (Wildman–Crippen LogP) is 0.884. The minimum atomic E-state index is -3.84. The van der Waals surface area contributed by atoms with Crippen LogP contribution in [0.15, 0.2) is 23.1 Å². The lowest BCUT2D eigenvalue weighted by Gasteiger charge is -2.12. The minimum Gasteiger partial charge on any atom is -0.495 e. The highest BCUT2D eigenvalue weighted by Crippen LogP contribution is 2.35. The number of nitrogens with two attached hydrogens (primary N) is 1. The molecular formula is C10H13NO4S. The van der Waals surface area contributed by atoms with Gasteiger partial charge in [-0.2, -0.15) is 0 Å². The van der Waals surface area contributed by atoms with Crippen molar-refractivity contribution < 1.29 is 17.9 Å². The second kappa shape index (κ2) is 3.95. The zero-order chi connectivity index (χ0) is 11.8. The second-order valence-corrected chi connectivity index (χ2v) is 5.15. The molecular weight excluding hydrogens is 230 g/mol. The first-order valence-corrected chi connectivity index (χ1v) is 6.43. The minimum absolute atomic E-state index is 0.0793. The van der Waals surface area contributed by atoms with E-state index in [0.717, 1.165) is 12.8 Å². The van der Waals surface area contributed by atoms with Crippen molar-refractivity contribution in [3.63, 3.8) is 0 Å². The fourth-order valence-corrected chi connectivity index (χ4v) is 2.22. The van der Waals surface area contributed by atoms with Gasteiger partial charge in [0.15, 0.2) is 4.90 Å². The molecule has 0 saturated heterocycles. The summed E-state index contributed by atoms with van der Waals surface area (Å²) >= 11 is 0. The van der Waals surface area contributed by atoms with Crippen LogP contribution in [0.4, 0.5) is 0 Å². The Morgan fingerprint density at radius 2 is 1.94 bits per heavy atom. The summed E-state index contributed by atoms with van der Waals surface area (Å²) in [7, 11) is -2.45. The third-order valence-corrected chi connectivity index (χ3v) is 3.24. The number of hydrogen-bond donors (Lipinski definition) is 1. The van der Waals surface area contributed by atoms with E-state index in [1.54, 1.807) is 18.2 Å². The van der Waals surface area contributed by atoms with Crippen LogP contribution in [0.25, 0.3) is 0 Å². The number of sulfonamides is 1. The summed E-state index contributed by atoms with van der Waals surface area (Å²) in [5.74, 6) is 0.477. The number of benzene rings is 1. The molecule has 0 radical (unpaired) electrons. The number of methoxy groups -OCH3 is 1. The third-order valence-electron chi connectivity index (χ3n) is 2.27. The maximum Gasteiger partial charge on any atom is 0.245 e. The predicted molar refractivity (Wildman–Crippen MR) is 58.0 cm³/mol. The van der Waals surface area contributed by atoms with Crippen LogP contribution in [-0.4, -0.2) is 21.6 Å². The fraction of sp³-hybridized carbons (Fsp3) is 0.400. The van der Waals surface area contributed by atoms with E-state index in [9.17, 15) is 8.42 Å². The van der Waals surface area contributed by atoms with Crippen LogP contribution >= 0.6 is 0 Å². The topological polar surface area (TPSA) is 78.6 Å². The Bertz CT molecular complexity index is 494. The van der Waals surface area contributed by atoms with Crippen molar-refractivity contribution in [1.29, 1.82) is 0 Å². The molecule has 1 aromatic rings. The molecule has 5 nitrogen and oxygen atoms in total. The normalized spacial score (nSPS) is 15.9. The molecule has 1 aliphatic carbocycles. The molecule has 88 valence electrons. The van der Waals surface area contributed by atoms with Gasteiger partial charge in [0.25, 0.3) is 0 Å². The van der Waals surface area contributed by atoms with E-state index in [1.807, 2.05) is 0 Å². The van der Waals surface area contributed by atoms with Crippen molar-refractivity contribution in [1.82, 2.24) is 0 Å². The largest absolute Gasteiger partial charge is 0.495 e. The van der Waals surface area contributed by atoms with Gasteiger partial charge >= 0.3 is 0 Å². The summed E-state index contributed by atoms with van der Waals surface area (Å²) in [4.78, 5) is -0.0793. The van der Waals surface area contributed by atoms with Crippen LogP contribution in [0.1, 0.15) is 12.8 Å². The van der Waals surface area contributed by atoms with E-state index in [2.05, 4.69) is 0 Å². The van der Waals surface area contributed by atoms with E-state index in [-0.39, 0.29) is 22.5 Å². The molecule has 2 N–H and O–H groups in total. The summed E-state index contributed by atoms with van der Waals surface area (Å²) in [5.41, 5.74) is 0. The number of primary sulfonamides is 1. The molecule has 0 aliphatic heterocycles. The molecule has 0 spiro atoms. The molecule has 1 saturated carbocycles. The van der Waals surface area contributed by atoms with Crippen molar-refractivity contribution in [2.45, 2.75) is 23.8 Å². The van der Waals surface area contributed by atoms with Crippen LogP contribution < -0.4 is 14.6 Å². The highest BCUT2D eigenvalue weighted by Gasteiger charge is 2.28. The van der Waals surface area contributed by atoms with Gasteiger partial charge in [-0.1, -0.05) is 6.07 Å². The molecule has 1 aromatic carbocycles. The second-order valence-electron chi connectivity index (χ2n) is 3.65. The zero-order valence-electron chi connectivity index (χ0n) is 8.84. The fourth-order valence-electron chi connectivity index (χ4n) is 1.40. The van der Waals surface area contributed by atoms with Gasteiger partial charge in [-0.25, -0.2) is 13.6 Å². The molecule has 6 heteroatoms. The van der Waals surface area contributed by atoms with Crippen LogP contribution in [0, 0.1) is 0 Å². The van der Waals surface area contributed by atoms with E-state index in [4.69, 9.17) is 14.6 Å². The van der Waals surface area contributed by atoms with Crippen molar-refractivity contribution in [2.24, 2.45) is 5.14 Å². The summed E-state index contributed by atoms with van der Waals surface area (Å²) in [6, 6.07) is 4.80. The molecule has 0 atom stereocenters. The first-order chi connectivity index (χ1) is 7.52. The quantitative estimate of drug-likeness (QED) is 0.851. The van der Waals surface area contributed by atoms with Crippen molar-refractivity contribution >= 4 is 10.0 Å². The summed E-state index contributed by atoms with van der Waals surface area (Å²) in [6.07, 6.45) is 2.00. The zero-order valence-corrected chi connectivity index (χ0v) is 9.66. The summed E-state index contributed by atoms with van der Waals surface area (Å²) in [5, 5.41) is 5.14. The first-order valence-electron chi connectivity index (χ1n) is 4.89. The lowest BCUT2D eigenvalue weighted by molar-refractivity contribution is 0.290. The Hall–Kier alpha value is -1.27. The van der Waals surface area contributed by atoms with Gasteiger partial charge in [-0.15, -0.1) is 0 Å². The van der Waals surface area contributed by atoms with Gasteiger partial charge in [0.1, 0.15) is 11.5 Å². The standard InChI is InChI=1S/C10H13NO4S/c1-14-8-3-2-4-9(15-7-5-6-7)10(8)16(11,12)13/h2-4,7H,5-6H2,1H3,(H2,11,12,13). The summed E-state index contributed by atoms with van der Waals surface area (Å²) in [6.45, 7) is 0. The highest BCUT2D eigenvalue weighted by atomic mass is 32.2. The Labute approximate surface area is 94.2 Å². The van der Waals surface area contributed by atoms with E-state index >= 15 is 0 Å². The van der Waals surface area contributed by atoms with Crippen LogP contribution in [0.5, 0.6) is 11.5 Å². The Morgan fingerprint density at radius 1 is 1.31 bits per heavy atom. The number of ether oxygens (including phenoxy) is 2. The van der Waals surface area contributed by atoms with E-state index < -0.39 is 10.0 Å². The Kier molecular flexibility index (Phi) is 2.77. The van der Waals surface area contributed by atoms with E-state index in [0.29, 0.717) is 0 Å². The molecule has 0 unspecified atom stereocenters. The first kappa shape index (κ1) is 11.2. The molecule has 0 amide bonds. The van der Waals surface area contributed by atoms with Gasteiger partial charge in [0, 0.05) is 0 Å². The Balaban J connectivity index is 2.49. The molecule has 16 heavy (non-hydrogen) atoms. The number of hydrogen-bond acceptors (Lipinski definition) is 4. The molecule has 1 fully saturated rings. The molecule has 0 bridgehead atoms. The van der Waals surface area contributed by atoms with Gasteiger partial charge in [-0.05, 0) is 25.0 Å². The maximum atomic E-state index is 11.5. The lowest BCUT2D eigenvalue weighted by atomic mass is 10.3. The van der Waals surface area contributed by atoms with Gasteiger partial charge in [0.2, 0.25) is 10.0 Å². The van der Waals surface area contributed by atoms with Gasteiger partial charge < -0.3 is 9.47 Å². The number of rotatable bonds is 4. The van der Waals surface area contributed by atoms with Crippen LogP contribution in [0.2, 0.25) is 0 Å². The molecule has 0 heterocycles. The Morgan fingerprint density at radius 3 is 2.44 bits per heavy atom. The lowest BCUT2D eigenvalue weighted by Crippen LogP contribution is -2.15.